The first-order chi connectivity index (χ1) is 13.8. The van der Waals surface area contributed by atoms with Crippen LogP contribution in [0.2, 0.25) is 5.02 Å². The van der Waals surface area contributed by atoms with Crippen LogP contribution in [-0.4, -0.2) is 71.2 Å². The average Bonchev–Trinajstić information content (AvgIpc) is 3.23. The molecular formula is C19H21ClN4O4S. The second-order valence-corrected chi connectivity index (χ2v) is 8.21. The normalized spacial score (nSPS) is 14.3. The van der Waals surface area contributed by atoms with E-state index in [-0.39, 0.29) is 24.0 Å². The molecule has 0 bridgehead atoms. The predicted molar refractivity (Wildman–Crippen MR) is 111 cm³/mol. The number of carbonyl (C=O) groups excluding carboxylic acids is 2. The summed E-state index contributed by atoms with van der Waals surface area (Å²) in [5.74, 6) is -0.0400. The van der Waals surface area contributed by atoms with Gasteiger partial charge in [0.1, 0.15) is 0 Å². The van der Waals surface area contributed by atoms with Gasteiger partial charge >= 0.3 is 0 Å². The third kappa shape index (κ3) is 5.31. The second kappa shape index (κ2) is 9.34. The lowest BCUT2D eigenvalue weighted by Crippen LogP contribution is -2.52. The number of thiophene rings is 1. The molecule has 0 saturated carbocycles. The van der Waals surface area contributed by atoms with Gasteiger partial charge in [0.25, 0.3) is 11.6 Å². The van der Waals surface area contributed by atoms with Crippen LogP contribution >= 0.6 is 22.9 Å². The van der Waals surface area contributed by atoms with E-state index in [0.29, 0.717) is 48.2 Å². The topological polar surface area (TPSA) is 87.0 Å². The SMILES string of the molecule is CN(CC(=O)N1CCN(C(=O)c2cccs2)CC1)Cc1cc([N+](=O)[O-])ccc1Cl. The summed E-state index contributed by atoms with van der Waals surface area (Å²) in [6.45, 7) is 2.47. The van der Waals surface area contributed by atoms with Crippen molar-refractivity contribution in [2.45, 2.75) is 6.54 Å². The lowest BCUT2D eigenvalue weighted by molar-refractivity contribution is -0.384. The Balaban J connectivity index is 1.51. The first-order valence-electron chi connectivity index (χ1n) is 9.07. The number of rotatable bonds is 6. The van der Waals surface area contributed by atoms with Crippen molar-refractivity contribution in [3.8, 4) is 0 Å². The van der Waals surface area contributed by atoms with Gasteiger partial charge in [0.2, 0.25) is 5.91 Å². The van der Waals surface area contributed by atoms with E-state index < -0.39 is 4.92 Å². The van der Waals surface area contributed by atoms with E-state index in [1.165, 1.54) is 29.5 Å². The number of nitro benzene ring substituents is 1. The summed E-state index contributed by atoms with van der Waals surface area (Å²) in [5, 5.41) is 13.2. The third-order valence-electron chi connectivity index (χ3n) is 4.74. The molecule has 1 saturated heterocycles. The smallest absolute Gasteiger partial charge is 0.269 e. The fourth-order valence-corrected chi connectivity index (χ4v) is 4.06. The molecule has 8 nitrogen and oxygen atoms in total. The minimum Gasteiger partial charge on any atom is -0.338 e. The van der Waals surface area contributed by atoms with Crippen LogP contribution in [0.1, 0.15) is 15.2 Å². The fourth-order valence-electron chi connectivity index (χ4n) is 3.19. The number of hydrogen-bond donors (Lipinski definition) is 0. The maximum atomic E-state index is 12.6. The van der Waals surface area contributed by atoms with Gasteiger partial charge in [0, 0.05) is 49.9 Å². The summed E-state index contributed by atoms with van der Waals surface area (Å²) >= 11 is 7.55. The molecule has 29 heavy (non-hydrogen) atoms. The van der Waals surface area contributed by atoms with Crippen molar-refractivity contribution in [1.29, 1.82) is 0 Å². The fraction of sp³-hybridized carbons (Fsp3) is 0.368. The van der Waals surface area contributed by atoms with E-state index in [1.807, 2.05) is 11.4 Å². The third-order valence-corrected chi connectivity index (χ3v) is 5.96. The zero-order valence-electron chi connectivity index (χ0n) is 15.9. The van der Waals surface area contributed by atoms with Crippen molar-refractivity contribution in [3.05, 3.63) is 61.3 Å². The lowest BCUT2D eigenvalue weighted by atomic mass is 10.2. The van der Waals surface area contributed by atoms with Crippen LogP contribution < -0.4 is 0 Å². The van der Waals surface area contributed by atoms with Gasteiger partial charge in [-0.1, -0.05) is 17.7 Å². The number of piperazine rings is 1. The first kappa shape index (κ1) is 21.2. The molecule has 1 aromatic heterocycles. The van der Waals surface area contributed by atoms with Crippen LogP contribution in [0.15, 0.2) is 35.7 Å². The molecule has 1 fully saturated rings. The molecule has 2 heterocycles. The van der Waals surface area contributed by atoms with E-state index in [1.54, 1.807) is 27.8 Å². The quantitative estimate of drug-likeness (QED) is 0.513. The maximum Gasteiger partial charge on any atom is 0.269 e. The van der Waals surface area contributed by atoms with Crippen molar-refractivity contribution < 1.29 is 14.5 Å². The molecule has 10 heteroatoms. The van der Waals surface area contributed by atoms with Crippen molar-refractivity contribution in [1.82, 2.24) is 14.7 Å². The molecule has 3 rings (SSSR count). The molecule has 0 spiro atoms. The molecule has 1 aliphatic rings. The van der Waals surface area contributed by atoms with E-state index in [2.05, 4.69) is 0 Å². The van der Waals surface area contributed by atoms with Crippen LogP contribution in [-0.2, 0) is 11.3 Å². The van der Waals surface area contributed by atoms with E-state index in [4.69, 9.17) is 11.6 Å². The molecule has 0 atom stereocenters. The summed E-state index contributed by atoms with van der Waals surface area (Å²) in [6.07, 6.45) is 0. The minimum atomic E-state index is -0.470. The Bertz CT molecular complexity index is 898. The summed E-state index contributed by atoms with van der Waals surface area (Å²) in [6, 6.07) is 7.93. The van der Waals surface area contributed by atoms with Gasteiger partial charge in [-0.15, -0.1) is 11.3 Å². The van der Waals surface area contributed by atoms with Crippen LogP contribution in [0, 0.1) is 10.1 Å². The molecule has 0 aliphatic carbocycles. The van der Waals surface area contributed by atoms with Gasteiger partial charge in [-0.05, 0) is 30.1 Å². The monoisotopic (exact) mass is 436 g/mol. The number of non-ortho nitro benzene ring substituents is 1. The summed E-state index contributed by atoms with van der Waals surface area (Å²) < 4.78 is 0. The van der Waals surface area contributed by atoms with Crippen LogP contribution in [0.25, 0.3) is 0 Å². The minimum absolute atomic E-state index is 0.00420. The van der Waals surface area contributed by atoms with Crippen molar-refractivity contribution in [2.75, 3.05) is 39.8 Å². The Hall–Kier alpha value is -2.49. The van der Waals surface area contributed by atoms with Gasteiger partial charge < -0.3 is 9.80 Å². The Morgan fingerprint density at radius 1 is 1.21 bits per heavy atom. The molecular weight excluding hydrogens is 416 g/mol. The maximum absolute atomic E-state index is 12.6. The highest BCUT2D eigenvalue weighted by molar-refractivity contribution is 7.12. The predicted octanol–water partition coefficient (Wildman–Crippen LogP) is 2.73. The average molecular weight is 437 g/mol. The van der Waals surface area contributed by atoms with Crippen molar-refractivity contribution >= 4 is 40.4 Å². The van der Waals surface area contributed by atoms with Gasteiger partial charge in [-0.2, -0.15) is 0 Å². The molecule has 1 aromatic carbocycles. The number of carbonyl (C=O) groups is 2. The molecule has 2 amide bonds. The lowest BCUT2D eigenvalue weighted by Gasteiger charge is -2.35. The Morgan fingerprint density at radius 2 is 1.90 bits per heavy atom. The molecule has 1 aliphatic heterocycles. The van der Waals surface area contributed by atoms with Crippen molar-refractivity contribution in [2.24, 2.45) is 0 Å². The zero-order chi connectivity index (χ0) is 21.0. The number of amides is 2. The largest absolute Gasteiger partial charge is 0.338 e. The van der Waals surface area contributed by atoms with E-state index >= 15 is 0 Å². The van der Waals surface area contributed by atoms with Gasteiger partial charge in [0.05, 0.1) is 16.3 Å². The van der Waals surface area contributed by atoms with Gasteiger partial charge in [-0.3, -0.25) is 24.6 Å². The Morgan fingerprint density at radius 3 is 2.52 bits per heavy atom. The zero-order valence-corrected chi connectivity index (χ0v) is 17.5. The number of benzene rings is 1. The summed E-state index contributed by atoms with van der Waals surface area (Å²) in [7, 11) is 1.77. The number of nitro groups is 1. The van der Waals surface area contributed by atoms with Crippen LogP contribution in [0.3, 0.4) is 0 Å². The highest BCUT2D eigenvalue weighted by Crippen LogP contribution is 2.23. The van der Waals surface area contributed by atoms with Gasteiger partial charge in [0.15, 0.2) is 0 Å². The molecule has 2 aromatic rings. The first-order valence-corrected chi connectivity index (χ1v) is 10.3. The van der Waals surface area contributed by atoms with E-state index in [9.17, 15) is 19.7 Å². The van der Waals surface area contributed by atoms with E-state index in [0.717, 1.165) is 0 Å². The molecule has 0 N–H and O–H groups in total. The molecule has 0 radical (unpaired) electrons. The highest BCUT2D eigenvalue weighted by atomic mass is 35.5. The second-order valence-electron chi connectivity index (χ2n) is 6.86. The number of nitrogens with zero attached hydrogens (tertiary/aromatic N) is 4. The summed E-state index contributed by atoms with van der Waals surface area (Å²) in [4.78, 5) is 41.5. The van der Waals surface area contributed by atoms with Crippen molar-refractivity contribution in [3.63, 3.8) is 0 Å². The molecule has 0 unspecified atom stereocenters. The Kier molecular flexibility index (Phi) is 6.83. The molecule has 154 valence electrons. The number of likely N-dealkylation sites (N-methyl/N-ethyl adjacent to an activating group) is 1. The van der Waals surface area contributed by atoms with Crippen LogP contribution in [0.5, 0.6) is 0 Å². The number of hydrogen-bond acceptors (Lipinski definition) is 6. The Labute approximate surface area is 177 Å². The highest BCUT2D eigenvalue weighted by Gasteiger charge is 2.26. The standard InChI is InChI=1S/C19H21ClN4O4S/c1-21(12-14-11-15(24(27)28)4-5-16(14)20)13-18(25)22-6-8-23(9-7-22)19(26)17-3-2-10-29-17/h2-5,10-11H,6-9,12-13H2,1H3. The number of halogens is 1. The van der Waals surface area contributed by atoms with Gasteiger partial charge in [-0.25, -0.2) is 0 Å². The summed E-state index contributed by atoms with van der Waals surface area (Å²) in [5.41, 5.74) is 0.568. The van der Waals surface area contributed by atoms with Crippen LogP contribution in [0.4, 0.5) is 5.69 Å².